The fourth-order valence-electron chi connectivity index (χ4n) is 9.93. The Balaban J connectivity index is 1.16. The maximum atomic E-state index is 2.54. The van der Waals surface area contributed by atoms with E-state index in [1.54, 1.807) is 0 Å². The van der Waals surface area contributed by atoms with Crippen LogP contribution in [0.3, 0.4) is 0 Å². The van der Waals surface area contributed by atoms with Crippen LogP contribution in [0.5, 0.6) is 0 Å². The summed E-state index contributed by atoms with van der Waals surface area (Å²) in [5, 5.41) is 0. The highest BCUT2D eigenvalue weighted by Crippen LogP contribution is 2.48. The zero-order valence-corrected chi connectivity index (χ0v) is 34.6. The molecule has 2 aliphatic rings. The molecule has 0 aliphatic carbocycles. The number of rotatable bonds is 7. The van der Waals surface area contributed by atoms with Gasteiger partial charge in [0, 0.05) is 34.1 Å². The Bertz CT molecular complexity index is 3240. The summed E-state index contributed by atoms with van der Waals surface area (Å²) < 4.78 is 0. The summed E-state index contributed by atoms with van der Waals surface area (Å²) >= 11 is 0. The van der Waals surface area contributed by atoms with Crippen LogP contribution < -0.4 is 26.2 Å². The van der Waals surface area contributed by atoms with Gasteiger partial charge in [-0.1, -0.05) is 200 Å². The maximum absolute atomic E-state index is 2.54. The first kappa shape index (κ1) is 36.7. The van der Waals surface area contributed by atoms with Crippen LogP contribution in [0.4, 0.5) is 34.1 Å². The second-order valence-corrected chi connectivity index (χ2v) is 16.5. The molecule has 0 N–H and O–H groups in total. The van der Waals surface area contributed by atoms with Crippen LogP contribution in [0, 0.1) is 0 Å². The Labute approximate surface area is 369 Å². The van der Waals surface area contributed by atoms with Crippen molar-refractivity contribution in [3.8, 4) is 55.6 Å². The number of hydrogen-bond acceptors (Lipinski definition) is 2. The molecule has 10 aromatic carbocycles. The minimum atomic E-state index is -0.0296. The van der Waals surface area contributed by atoms with Gasteiger partial charge < -0.3 is 9.80 Å². The SMILES string of the molecule is c1ccc(-c2ccc(N3c4ccccc4B4c5cc(-c6ccccc6)c(-c6ccccc6)cc5N(c5ccc(-c6ccccc6)cc5)c5cc(-c6ccccc6)cc3c54)cc2)cc1. The Morgan fingerprint density at radius 3 is 1.08 bits per heavy atom. The van der Waals surface area contributed by atoms with Gasteiger partial charge in [0.2, 0.25) is 0 Å². The van der Waals surface area contributed by atoms with Gasteiger partial charge >= 0.3 is 0 Å². The van der Waals surface area contributed by atoms with E-state index in [-0.39, 0.29) is 6.71 Å². The fraction of sp³-hybridized carbons (Fsp3) is 0. The Morgan fingerprint density at radius 2 is 0.603 bits per heavy atom. The van der Waals surface area contributed by atoms with Crippen molar-refractivity contribution in [1.82, 2.24) is 0 Å². The first-order chi connectivity index (χ1) is 31.3. The molecule has 0 saturated heterocycles. The third kappa shape index (κ3) is 6.37. The van der Waals surface area contributed by atoms with Crippen molar-refractivity contribution in [2.45, 2.75) is 0 Å². The second-order valence-electron chi connectivity index (χ2n) is 16.5. The molecule has 0 fully saturated rings. The third-order valence-corrected chi connectivity index (χ3v) is 12.9. The number of hydrogen-bond donors (Lipinski definition) is 0. The van der Waals surface area contributed by atoms with E-state index >= 15 is 0 Å². The summed E-state index contributed by atoms with van der Waals surface area (Å²) in [6, 6.07) is 91.1. The lowest BCUT2D eigenvalue weighted by molar-refractivity contribution is 1.25. The molecule has 0 atom stereocenters. The van der Waals surface area contributed by atoms with Gasteiger partial charge in [0.05, 0.1) is 0 Å². The molecule has 0 amide bonds. The summed E-state index contributed by atoms with van der Waals surface area (Å²) in [4.78, 5) is 5.04. The fourth-order valence-corrected chi connectivity index (χ4v) is 9.93. The standard InChI is InChI=1S/C60H41BN2/c1-6-18-42(19-7-1)45-30-34-50(35-31-45)62-56-29-17-16-28-54(56)61-55-40-52(47-24-12-4-13-25-47)53(48-26-14-5-15-27-48)41-57(55)63(51-36-32-46(33-37-51)43-20-8-2-9-21-43)59-39-49(38-58(62)60(59)61)44-22-10-3-11-23-44/h1-41H. The van der Waals surface area contributed by atoms with Gasteiger partial charge in [-0.05, 0) is 121 Å². The van der Waals surface area contributed by atoms with Crippen LogP contribution in [-0.4, -0.2) is 6.71 Å². The van der Waals surface area contributed by atoms with Crippen molar-refractivity contribution >= 4 is 57.2 Å². The van der Waals surface area contributed by atoms with E-state index in [1.807, 2.05) is 0 Å². The predicted octanol–water partition coefficient (Wildman–Crippen LogP) is 14.1. The molecule has 0 spiro atoms. The van der Waals surface area contributed by atoms with Crippen LogP contribution >= 0.6 is 0 Å². The van der Waals surface area contributed by atoms with Crippen LogP contribution in [0.2, 0.25) is 0 Å². The lowest BCUT2D eigenvalue weighted by Gasteiger charge is -2.45. The molecule has 2 heterocycles. The van der Waals surface area contributed by atoms with E-state index < -0.39 is 0 Å². The van der Waals surface area contributed by atoms with E-state index in [2.05, 4.69) is 259 Å². The smallest absolute Gasteiger partial charge is 0.252 e. The maximum Gasteiger partial charge on any atom is 0.252 e. The van der Waals surface area contributed by atoms with Crippen LogP contribution in [0.15, 0.2) is 249 Å². The zero-order valence-electron chi connectivity index (χ0n) is 34.6. The molecule has 0 saturated carbocycles. The molecule has 0 bridgehead atoms. The zero-order chi connectivity index (χ0) is 41.7. The topological polar surface area (TPSA) is 6.48 Å². The molecule has 12 rings (SSSR count). The van der Waals surface area contributed by atoms with Gasteiger partial charge in [-0.15, -0.1) is 0 Å². The molecule has 10 aromatic rings. The lowest BCUT2D eigenvalue weighted by Crippen LogP contribution is -2.61. The normalized spacial score (nSPS) is 12.3. The molecule has 294 valence electrons. The van der Waals surface area contributed by atoms with Crippen LogP contribution in [0.25, 0.3) is 55.6 Å². The minimum Gasteiger partial charge on any atom is -0.311 e. The van der Waals surface area contributed by atoms with Gasteiger partial charge in [-0.2, -0.15) is 0 Å². The van der Waals surface area contributed by atoms with Crippen LogP contribution in [-0.2, 0) is 0 Å². The molecule has 0 unspecified atom stereocenters. The van der Waals surface area contributed by atoms with Crippen molar-refractivity contribution in [1.29, 1.82) is 0 Å². The van der Waals surface area contributed by atoms with E-state index in [4.69, 9.17) is 0 Å². The molecule has 63 heavy (non-hydrogen) atoms. The largest absolute Gasteiger partial charge is 0.311 e. The summed E-state index contributed by atoms with van der Waals surface area (Å²) in [5.41, 5.74) is 22.8. The predicted molar refractivity (Wildman–Crippen MR) is 268 cm³/mol. The Kier molecular flexibility index (Phi) is 8.97. The van der Waals surface area contributed by atoms with Crippen LogP contribution in [0.1, 0.15) is 0 Å². The monoisotopic (exact) mass is 800 g/mol. The summed E-state index contributed by atoms with van der Waals surface area (Å²) in [6.45, 7) is -0.0296. The van der Waals surface area contributed by atoms with E-state index in [0.717, 1.165) is 11.4 Å². The first-order valence-corrected chi connectivity index (χ1v) is 21.8. The first-order valence-electron chi connectivity index (χ1n) is 21.8. The summed E-state index contributed by atoms with van der Waals surface area (Å²) in [7, 11) is 0. The third-order valence-electron chi connectivity index (χ3n) is 12.9. The van der Waals surface area contributed by atoms with Crippen molar-refractivity contribution in [3.05, 3.63) is 249 Å². The van der Waals surface area contributed by atoms with Gasteiger partial charge in [0.1, 0.15) is 0 Å². The van der Waals surface area contributed by atoms with Crippen molar-refractivity contribution in [2.24, 2.45) is 0 Å². The lowest BCUT2D eigenvalue weighted by atomic mass is 9.33. The van der Waals surface area contributed by atoms with Crippen molar-refractivity contribution < 1.29 is 0 Å². The Hall–Kier alpha value is -8.14. The molecule has 2 aliphatic heterocycles. The summed E-state index contributed by atoms with van der Waals surface area (Å²) in [5.74, 6) is 0. The molecule has 0 radical (unpaired) electrons. The average Bonchev–Trinajstić information content (AvgIpc) is 3.37. The molecule has 3 heteroatoms. The number of anilines is 6. The van der Waals surface area contributed by atoms with E-state index in [0.29, 0.717) is 0 Å². The average molecular weight is 801 g/mol. The van der Waals surface area contributed by atoms with Crippen molar-refractivity contribution in [2.75, 3.05) is 9.80 Å². The highest BCUT2D eigenvalue weighted by atomic mass is 15.2. The minimum absolute atomic E-state index is 0.0296. The number of fused-ring (bicyclic) bond motifs is 4. The van der Waals surface area contributed by atoms with Gasteiger partial charge in [0.25, 0.3) is 6.71 Å². The Morgan fingerprint density at radius 1 is 0.238 bits per heavy atom. The second kappa shape index (κ2) is 15.4. The number of nitrogens with zero attached hydrogens (tertiary/aromatic N) is 2. The van der Waals surface area contributed by atoms with E-state index in [9.17, 15) is 0 Å². The summed E-state index contributed by atoms with van der Waals surface area (Å²) in [6.07, 6.45) is 0. The quantitative estimate of drug-likeness (QED) is 0.148. The number of benzene rings is 10. The van der Waals surface area contributed by atoms with E-state index in [1.165, 1.54) is 94.8 Å². The van der Waals surface area contributed by atoms with Crippen molar-refractivity contribution in [3.63, 3.8) is 0 Å². The number of para-hydroxylation sites is 1. The molecular formula is C60H41BN2. The molecule has 2 nitrogen and oxygen atoms in total. The highest BCUT2D eigenvalue weighted by molar-refractivity contribution is 7.00. The molecule has 0 aromatic heterocycles. The van der Waals surface area contributed by atoms with Gasteiger partial charge in [-0.3, -0.25) is 0 Å². The van der Waals surface area contributed by atoms with Gasteiger partial charge in [0.15, 0.2) is 0 Å². The molecular weight excluding hydrogens is 759 g/mol. The highest BCUT2D eigenvalue weighted by Gasteiger charge is 2.44. The van der Waals surface area contributed by atoms with Gasteiger partial charge in [-0.25, -0.2) is 0 Å².